The number of likely N-dealkylation sites (tertiary alicyclic amines) is 1. The van der Waals surface area contributed by atoms with Crippen LogP contribution in [0.5, 0.6) is 0 Å². The minimum atomic E-state index is -0.0651. The van der Waals surface area contributed by atoms with Gasteiger partial charge in [-0.3, -0.25) is 4.90 Å². The summed E-state index contributed by atoms with van der Waals surface area (Å²) < 4.78 is 18.3. The normalized spacial score (nSPS) is 24.9. The molecule has 0 N–H and O–H groups in total. The van der Waals surface area contributed by atoms with E-state index in [2.05, 4.69) is 225 Å². The quantitative estimate of drug-likeness (QED) is 0.177. The number of nitrogens with zero attached hydrogens (tertiary/aromatic N) is 4. The number of furan rings is 2. The summed E-state index contributed by atoms with van der Waals surface area (Å²) in [6.07, 6.45) is 23.0. The molecule has 0 radical (unpaired) electrons. The number of nitriles is 1. The molecule has 4 aromatic heterocycles. The van der Waals surface area contributed by atoms with Crippen molar-refractivity contribution in [3.05, 3.63) is 215 Å². The van der Waals surface area contributed by atoms with E-state index in [0.717, 1.165) is 97.4 Å². The Morgan fingerprint density at radius 2 is 1.35 bits per heavy atom. The second kappa shape index (κ2) is 15.6. The van der Waals surface area contributed by atoms with Gasteiger partial charge in [0, 0.05) is 67.2 Å². The van der Waals surface area contributed by atoms with Gasteiger partial charge in [-0.05, 0) is 136 Å². The molecule has 7 unspecified atom stereocenters. The Balaban J connectivity index is 0.979. The highest BCUT2D eigenvalue weighted by Gasteiger charge is 2.53. The Morgan fingerprint density at radius 1 is 0.641 bits per heavy atom. The van der Waals surface area contributed by atoms with Gasteiger partial charge in [0.2, 0.25) is 0 Å². The molecule has 0 bridgehead atoms. The zero-order valence-electron chi connectivity index (χ0n) is 44.6. The van der Waals surface area contributed by atoms with Crippen LogP contribution in [0.3, 0.4) is 0 Å². The number of hydrogen-bond donors (Lipinski definition) is 0. The maximum absolute atomic E-state index is 11.9. The fraction of sp³-hybridized carbons (Fsp3) is 0.236. The number of allylic oxidation sites excluding steroid dienone is 7. The van der Waals surface area contributed by atoms with Crippen molar-refractivity contribution in [1.29, 1.82) is 5.26 Å². The van der Waals surface area contributed by atoms with Crippen molar-refractivity contribution < 1.29 is 8.83 Å². The molecule has 0 amide bonds. The van der Waals surface area contributed by atoms with E-state index in [-0.39, 0.29) is 40.8 Å². The van der Waals surface area contributed by atoms with Crippen LogP contribution in [0.15, 0.2) is 185 Å². The third-order valence-electron chi connectivity index (χ3n) is 20.3. The third kappa shape index (κ3) is 5.64. The van der Waals surface area contributed by atoms with Crippen molar-refractivity contribution in [2.24, 2.45) is 23.2 Å². The first kappa shape index (κ1) is 44.7. The van der Waals surface area contributed by atoms with Crippen LogP contribution in [-0.4, -0.2) is 20.1 Å². The SMILES string of the molecule is CC1C=C2c3c(c4c5c(ccc4n3-c3cc(-n4c6ccccc6c6c7c(ccc64)oc4ccccc47)c(C#N)cc3C3C2CCC(c2ccc4c(c2)C(C)(C)C2(C)CC=CC=C42)N3C2C=CC=CC2C)oc2ccccc25)C1. The lowest BCUT2D eigenvalue weighted by molar-refractivity contribution is 0.0195. The summed E-state index contributed by atoms with van der Waals surface area (Å²) in [7, 11) is 0. The van der Waals surface area contributed by atoms with E-state index in [1.807, 2.05) is 6.07 Å². The fourth-order valence-electron chi connectivity index (χ4n) is 16.4. The first-order valence-corrected chi connectivity index (χ1v) is 28.4. The van der Waals surface area contributed by atoms with Crippen molar-refractivity contribution in [2.75, 3.05) is 0 Å². The minimum Gasteiger partial charge on any atom is -0.456 e. The average molecular weight is 1010 g/mol. The van der Waals surface area contributed by atoms with Crippen molar-refractivity contribution in [1.82, 2.24) is 14.0 Å². The molecule has 378 valence electrons. The van der Waals surface area contributed by atoms with Gasteiger partial charge in [-0.25, -0.2) is 0 Å². The lowest BCUT2D eigenvalue weighted by Gasteiger charge is -2.52. The maximum Gasteiger partial charge on any atom is 0.136 e. The van der Waals surface area contributed by atoms with E-state index in [1.165, 1.54) is 60.9 Å². The van der Waals surface area contributed by atoms with Gasteiger partial charge in [0.1, 0.15) is 28.4 Å². The van der Waals surface area contributed by atoms with Crippen LogP contribution in [0.2, 0.25) is 0 Å². The molecule has 4 aliphatic carbocycles. The van der Waals surface area contributed by atoms with Crippen molar-refractivity contribution in [3.63, 3.8) is 0 Å². The Morgan fingerprint density at radius 3 is 2.10 bits per heavy atom. The van der Waals surface area contributed by atoms with Crippen LogP contribution >= 0.6 is 0 Å². The van der Waals surface area contributed by atoms with E-state index in [1.54, 1.807) is 0 Å². The Hall–Kier alpha value is -8.37. The Kier molecular flexibility index (Phi) is 8.97. The highest BCUT2D eigenvalue weighted by Crippen LogP contribution is 2.63. The van der Waals surface area contributed by atoms with E-state index >= 15 is 0 Å². The summed E-state index contributed by atoms with van der Waals surface area (Å²) in [5.74, 6) is 0.718. The molecule has 11 aromatic rings. The number of para-hydroxylation sites is 3. The molecule has 0 spiro atoms. The summed E-state index contributed by atoms with van der Waals surface area (Å²) >= 11 is 0. The predicted octanol–water partition coefficient (Wildman–Crippen LogP) is 18.3. The molecule has 17 rings (SSSR count). The van der Waals surface area contributed by atoms with Crippen molar-refractivity contribution in [3.8, 4) is 17.4 Å². The lowest BCUT2D eigenvalue weighted by atomic mass is 9.62. The monoisotopic (exact) mass is 1010 g/mol. The van der Waals surface area contributed by atoms with E-state index < -0.39 is 0 Å². The first-order valence-electron chi connectivity index (χ1n) is 28.4. The number of rotatable bonds is 3. The van der Waals surface area contributed by atoms with Gasteiger partial charge in [-0.15, -0.1) is 0 Å². The highest BCUT2D eigenvalue weighted by molar-refractivity contribution is 6.27. The molecule has 6 aliphatic rings. The largest absolute Gasteiger partial charge is 0.456 e. The Labute approximate surface area is 453 Å². The maximum atomic E-state index is 11.9. The topological polar surface area (TPSA) is 63.2 Å². The summed E-state index contributed by atoms with van der Waals surface area (Å²) in [4.78, 5) is 2.94. The van der Waals surface area contributed by atoms with Gasteiger partial charge in [0.05, 0.1) is 39.2 Å². The molecule has 6 heterocycles. The van der Waals surface area contributed by atoms with E-state index in [0.29, 0.717) is 11.5 Å². The molecule has 0 saturated carbocycles. The molecular weight excluding hydrogens is 953 g/mol. The number of piperidine rings is 1. The van der Waals surface area contributed by atoms with E-state index in [9.17, 15) is 5.26 Å². The molecule has 1 fully saturated rings. The zero-order chi connectivity index (χ0) is 52.1. The van der Waals surface area contributed by atoms with E-state index in [4.69, 9.17) is 8.83 Å². The summed E-state index contributed by atoms with van der Waals surface area (Å²) in [6, 6.07) is 49.9. The van der Waals surface area contributed by atoms with Crippen LogP contribution in [0.4, 0.5) is 0 Å². The average Bonchev–Trinajstić information content (AvgIpc) is 3.79. The number of fused-ring (bicyclic) bond motifs is 22. The van der Waals surface area contributed by atoms with Crippen LogP contribution in [-0.2, 0) is 11.8 Å². The molecule has 6 heteroatoms. The van der Waals surface area contributed by atoms with Crippen molar-refractivity contribution in [2.45, 2.75) is 83.8 Å². The van der Waals surface area contributed by atoms with Gasteiger partial charge in [-0.2, -0.15) is 5.26 Å². The second-order valence-corrected chi connectivity index (χ2v) is 24.4. The molecular formula is C72H58N4O2. The van der Waals surface area contributed by atoms with Gasteiger partial charge in [0.15, 0.2) is 0 Å². The molecule has 78 heavy (non-hydrogen) atoms. The van der Waals surface area contributed by atoms with Gasteiger partial charge in [-0.1, -0.05) is 156 Å². The van der Waals surface area contributed by atoms with Crippen molar-refractivity contribution >= 4 is 87.7 Å². The highest BCUT2D eigenvalue weighted by atomic mass is 16.3. The number of benzene rings is 7. The van der Waals surface area contributed by atoms with Gasteiger partial charge >= 0.3 is 0 Å². The fourth-order valence-corrected chi connectivity index (χ4v) is 16.4. The lowest BCUT2D eigenvalue weighted by Crippen LogP contribution is -2.49. The smallest absolute Gasteiger partial charge is 0.136 e. The molecule has 6 nitrogen and oxygen atoms in total. The van der Waals surface area contributed by atoms with Crippen LogP contribution in [0, 0.1) is 34.5 Å². The standard InChI is InChI=1S/C72H58N4O2/c1-40-34-49-44-27-28-55(42-25-26-45-52-20-14-15-33-72(52,5)71(3,4)53(45)37-42)75(54-21-10-6-16-41(54)2)69(44)50-36-43(39-73)59(74-56-22-11-7-17-46(56)65-57(74)29-31-63-67(65)47-18-8-12-23-61(47)77-63)38-60(50)76-58-30-32-64-68(66(58)51(35-40)70(49)76)48-19-9-13-24-62(48)78-64/h6-26,29-32,34,36-38,40-41,44,54-55,69H,27-28,33,35H2,1-5H3. The van der Waals surface area contributed by atoms with Gasteiger partial charge in [0.25, 0.3) is 0 Å². The molecule has 2 aliphatic heterocycles. The summed E-state index contributed by atoms with van der Waals surface area (Å²) in [6.45, 7) is 12.3. The van der Waals surface area contributed by atoms with Crippen LogP contribution in [0.1, 0.15) is 105 Å². The number of hydrogen-bond acceptors (Lipinski definition) is 4. The first-order chi connectivity index (χ1) is 38.1. The molecule has 7 atom stereocenters. The van der Waals surface area contributed by atoms with Crippen LogP contribution < -0.4 is 0 Å². The summed E-state index contributed by atoms with van der Waals surface area (Å²) in [5.41, 5.74) is 20.6. The number of aromatic nitrogens is 2. The predicted molar refractivity (Wildman–Crippen MR) is 318 cm³/mol. The van der Waals surface area contributed by atoms with Crippen LogP contribution in [0.25, 0.3) is 99.1 Å². The second-order valence-electron chi connectivity index (χ2n) is 24.4. The molecule has 1 saturated heterocycles. The molecule has 7 aromatic carbocycles. The third-order valence-corrected chi connectivity index (χ3v) is 20.3. The zero-order valence-corrected chi connectivity index (χ0v) is 44.6. The summed E-state index contributed by atoms with van der Waals surface area (Å²) in [5, 5.41) is 20.0. The minimum absolute atomic E-state index is 0.0260. The van der Waals surface area contributed by atoms with Gasteiger partial charge < -0.3 is 18.0 Å². The Bertz CT molecular complexity index is 4720.